The monoisotopic (exact) mass is 443 g/mol. The quantitative estimate of drug-likeness (QED) is 0.499. The number of benzene rings is 1. The molecule has 3 atom stereocenters. The lowest BCUT2D eigenvalue weighted by Crippen LogP contribution is -2.77. The fourth-order valence-corrected chi connectivity index (χ4v) is 4.41. The lowest BCUT2D eigenvalue weighted by molar-refractivity contribution is -1.01. The summed E-state index contributed by atoms with van der Waals surface area (Å²) in [6, 6.07) is 3.59. The number of aromatic nitrogens is 2. The van der Waals surface area contributed by atoms with E-state index < -0.39 is 46.8 Å². The van der Waals surface area contributed by atoms with Gasteiger partial charge in [0.1, 0.15) is 18.5 Å². The number of nitriles is 1. The molecule has 0 saturated carbocycles. The van der Waals surface area contributed by atoms with Crippen molar-refractivity contribution >= 4 is 16.8 Å². The van der Waals surface area contributed by atoms with Gasteiger partial charge in [-0.05, 0) is 19.1 Å². The van der Waals surface area contributed by atoms with E-state index >= 15 is 0 Å². The maximum Gasteiger partial charge on any atom is 0.329 e. The summed E-state index contributed by atoms with van der Waals surface area (Å²) in [6.07, 6.45) is 3.07. The molecule has 2 aromatic rings. The predicted octanol–water partition coefficient (Wildman–Crippen LogP) is 0.496. The summed E-state index contributed by atoms with van der Waals surface area (Å²) in [4.78, 5) is 41.7. The number of hydrogen-bond acceptors (Lipinski definition) is 5. The van der Waals surface area contributed by atoms with Crippen molar-refractivity contribution in [3.63, 3.8) is 0 Å². The maximum absolute atomic E-state index is 14.1. The zero-order valence-corrected chi connectivity index (χ0v) is 17.3. The molecule has 2 N–H and O–H groups in total. The Balaban J connectivity index is 1.58. The lowest BCUT2D eigenvalue weighted by Gasteiger charge is -2.58. The number of fused-ring (bicyclic) bond motifs is 2. The normalized spacial score (nSPS) is 22.5. The molecule has 1 amide bonds. The summed E-state index contributed by atoms with van der Waals surface area (Å²) in [7, 11) is 0. The number of nitrogens with zero attached hydrogens (tertiary/aromatic N) is 4. The third-order valence-electron chi connectivity index (χ3n) is 6.15. The predicted molar refractivity (Wildman–Crippen MR) is 111 cm³/mol. The van der Waals surface area contributed by atoms with Crippen molar-refractivity contribution in [2.75, 3.05) is 19.8 Å². The second-order valence-electron chi connectivity index (χ2n) is 7.94. The van der Waals surface area contributed by atoms with Gasteiger partial charge in [0.25, 0.3) is 11.7 Å². The number of quaternary nitrogens is 1. The Hall–Kier alpha value is -3.78. The molecule has 1 fully saturated rings. The van der Waals surface area contributed by atoms with Gasteiger partial charge in [-0.3, -0.25) is 23.5 Å². The number of carbonyl (C=O) groups excluding carboxylic acids is 1. The number of likely N-dealkylation sites (N-methyl/N-ethyl adjacent to an activating group) is 1. The van der Waals surface area contributed by atoms with E-state index in [0.29, 0.717) is 22.3 Å². The van der Waals surface area contributed by atoms with Crippen LogP contribution in [0.5, 0.6) is 0 Å². The van der Waals surface area contributed by atoms with Gasteiger partial charge in [0.05, 0.1) is 18.1 Å². The topological polar surface area (TPSA) is 111 Å². The Morgan fingerprint density at radius 2 is 2.22 bits per heavy atom. The molecule has 166 valence electrons. The van der Waals surface area contributed by atoms with E-state index in [1.807, 2.05) is 18.0 Å². The maximum atomic E-state index is 14.1. The highest BCUT2D eigenvalue weighted by molar-refractivity contribution is 5.80. The van der Waals surface area contributed by atoms with Gasteiger partial charge in [0.15, 0.2) is 24.4 Å². The highest BCUT2D eigenvalue weighted by atomic mass is 19.2. The molecule has 5 rings (SSSR count). The second kappa shape index (κ2) is 7.72. The van der Waals surface area contributed by atoms with Gasteiger partial charge in [-0.2, -0.15) is 5.26 Å². The average molecular weight is 443 g/mol. The van der Waals surface area contributed by atoms with Crippen molar-refractivity contribution in [1.29, 1.82) is 5.26 Å². The first-order valence-corrected chi connectivity index (χ1v) is 9.99. The van der Waals surface area contributed by atoms with Crippen LogP contribution in [0.25, 0.3) is 10.9 Å². The number of H-pyrrole nitrogens is 1. The lowest BCUT2D eigenvalue weighted by atomic mass is 9.98. The molecule has 4 heterocycles. The summed E-state index contributed by atoms with van der Waals surface area (Å²) in [5.74, 6) is -3.30. The third-order valence-corrected chi connectivity index (χ3v) is 6.15. The fraction of sp³-hybridized carbons (Fsp3) is 0.333. The highest BCUT2D eigenvalue weighted by Crippen LogP contribution is 2.36. The van der Waals surface area contributed by atoms with Crippen LogP contribution in [0.1, 0.15) is 6.92 Å². The number of aromatic amines is 1. The summed E-state index contributed by atoms with van der Waals surface area (Å²) >= 11 is 0. The standard InChI is InChI=1S/C21H20F2N6O3/c1-3-14(12-8-27-11-29(4-2,10-12)17(27)7-24)25-16(30)9-28-20(31)18-15(26-21(28)32)6-5-13(22)19(18)23/h3,5-6,8,14,17H,1,4,9-11H2,2H3,(H-,25,26,30,31,32)/p+1/t14-,17?,29?/m0/s1. The molecular weight excluding hydrogens is 422 g/mol. The Bertz CT molecular complexity index is 1320. The molecule has 3 aliphatic rings. The molecule has 0 spiro atoms. The van der Waals surface area contributed by atoms with Crippen molar-refractivity contribution in [2.45, 2.75) is 25.7 Å². The molecule has 1 aromatic carbocycles. The van der Waals surface area contributed by atoms with Crippen LogP contribution >= 0.6 is 0 Å². The van der Waals surface area contributed by atoms with Gasteiger partial charge in [-0.25, -0.2) is 13.6 Å². The van der Waals surface area contributed by atoms with Gasteiger partial charge in [-0.1, -0.05) is 6.08 Å². The van der Waals surface area contributed by atoms with Gasteiger partial charge < -0.3 is 10.3 Å². The minimum absolute atomic E-state index is 0.158. The Kier molecular flexibility index (Phi) is 5.18. The van der Waals surface area contributed by atoms with Crippen LogP contribution in [-0.2, 0) is 11.3 Å². The van der Waals surface area contributed by atoms with Gasteiger partial charge in [0, 0.05) is 11.8 Å². The van der Waals surface area contributed by atoms with Gasteiger partial charge >= 0.3 is 5.69 Å². The molecule has 0 aliphatic carbocycles. The first kappa shape index (κ1) is 21.5. The minimum Gasteiger partial charge on any atom is -0.344 e. The smallest absolute Gasteiger partial charge is 0.329 e. The van der Waals surface area contributed by atoms with Crippen LogP contribution in [0.4, 0.5) is 8.78 Å². The Morgan fingerprint density at radius 1 is 1.47 bits per heavy atom. The fourth-order valence-electron chi connectivity index (χ4n) is 4.41. The summed E-state index contributed by atoms with van der Waals surface area (Å²) in [5, 5.41) is 11.5. The molecular formula is C21H21F2N6O3+. The molecule has 0 radical (unpaired) electrons. The number of carbonyl (C=O) groups is 1. The Labute approximate surface area is 181 Å². The zero-order valence-electron chi connectivity index (χ0n) is 17.3. The van der Waals surface area contributed by atoms with E-state index in [2.05, 4.69) is 22.9 Å². The van der Waals surface area contributed by atoms with Crippen LogP contribution in [0.3, 0.4) is 0 Å². The average Bonchev–Trinajstić information content (AvgIpc) is 2.77. The molecule has 3 aliphatic heterocycles. The summed E-state index contributed by atoms with van der Waals surface area (Å²) < 4.78 is 28.8. The van der Waals surface area contributed by atoms with Crippen molar-refractivity contribution < 1.29 is 18.1 Å². The van der Waals surface area contributed by atoms with Crippen LogP contribution in [0.15, 0.2) is 46.1 Å². The highest BCUT2D eigenvalue weighted by Gasteiger charge is 2.54. The van der Waals surface area contributed by atoms with E-state index in [1.165, 1.54) is 6.08 Å². The number of amides is 1. The minimum atomic E-state index is -1.39. The number of rotatable bonds is 6. The number of halogens is 2. The van der Waals surface area contributed by atoms with Crippen molar-refractivity contribution in [3.05, 3.63) is 69.0 Å². The second-order valence-corrected chi connectivity index (χ2v) is 7.94. The first-order chi connectivity index (χ1) is 15.2. The van der Waals surface area contributed by atoms with Crippen LogP contribution < -0.4 is 16.6 Å². The van der Waals surface area contributed by atoms with E-state index in [9.17, 15) is 28.4 Å². The number of nitrogens with one attached hydrogen (secondary N) is 2. The van der Waals surface area contributed by atoms with E-state index in [4.69, 9.17) is 0 Å². The molecule has 11 heteroatoms. The van der Waals surface area contributed by atoms with Gasteiger partial charge in [0.2, 0.25) is 5.91 Å². The summed E-state index contributed by atoms with van der Waals surface area (Å²) in [5.41, 5.74) is -1.34. The number of hydrogen-bond donors (Lipinski definition) is 2. The van der Waals surface area contributed by atoms with Crippen LogP contribution in [0.2, 0.25) is 0 Å². The summed E-state index contributed by atoms with van der Waals surface area (Å²) in [6.45, 7) is 7.05. The third kappa shape index (κ3) is 3.20. The van der Waals surface area contributed by atoms with E-state index in [0.717, 1.165) is 24.3 Å². The van der Waals surface area contributed by atoms with Crippen LogP contribution in [0, 0.1) is 23.0 Å². The van der Waals surface area contributed by atoms with E-state index in [-0.39, 0.29) is 11.7 Å². The van der Waals surface area contributed by atoms with Crippen molar-refractivity contribution in [3.8, 4) is 6.07 Å². The largest absolute Gasteiger partial charge is 0.344 e. The molecule has 2 bridgehead atoms. The molecule has 1 aromatic heterocycles. The van der Waals surface area contributed by atoms with E-state index in [1.54, 1.807) is 0 Å². The molecule has 1 saturated heterocycles. The zero-order chi connectivity index (χ0) is 23.2. The van der Waals surface area contributed by atoms with Crippen molar-refractivity contribution in [2.24, 2.45) is 0 Å². The Morgan fingerprint density at radius 3 is 2.88 bits per heavy atom. The van der Waals surface area contributed by atoms with Crippen molar-refractivity contribution in [1.82, 2.24) is 19.8 Å². The molecule has 32 heavy (non-hydrogen) atoms. The first-order valence-electron chi connectivity index (χ1n) is 9.99. The van der Waals surface area contributed by atoms with Crippen LogP contribution in [-0.4, -0.2) is 56.8 Å². The molecule has 9 nitrogen and oxygen atoms in total. The SMILES string of the molecule is C=C[C@H](NC(=O)Cn1c(=O)[nH]c2ccc(F)c(F)c2c1=O)C1=CN2C[N+](CC)(C1)C2C#N. The molecule has 2 unspecified atom stereocenters. The van der Waals surface area contributed by atoms with Gasteiger partial charge in [-0.15, -0.1) is 6.58 Å².